The lowest BCUT2D eigenvalue weighted by atomic mass is 10.2. The Morgan fingerprint density at radius 1 is 1.39 bits per heavy atom. The monoisotopic (exact) mass is 253 g/mol. The van der Waals surface area contributed by atoms with Crippen LogP contribution in [0.4, 0.5) is 0 Å². The second-order valence-electron chi connectivity index (χ2n) is 5.23. The molecule has 0 aliphatic carbocycles. The topological polar surface area (TPSA) is 34.4 Å². The number of rotatable bonds is 9. The minimum atomic E-state index is 0.588. The lowest BCUT2D eigenvalue weighted by molar-refractivity contribution is 0.103. The van der Waals surface area contributed by atoms with Gasteiger partial charge in [-0.25, -0.2) is 0 Å². The van der Waals surface area contributed by atoms with E-state index in [-0.39, 0.29) is 0 Å². The van der Waals surface area contributed by atoms with Crippen LogP contribution in [0.3, 0.4) is 0 Å². The third-order valence-electron chi connectivity index (χ3n) is 2.83. The van der Waals surface area contributed by atoms with Crippen molar-refractivity contribution in [1.29, 1.82) is 0 Å². The van der Waals surface area contributed by atoms with E-state index in [4.69, 9.17) is 9.15 Å². The highest BCUT2D eigenvalue weighted by Crippen LogP contribution is 2.15. The van der Waals surface area contributed by atoms with Gasteiger partial charge in [-0.3, -0.25) is 0 Å². The number of unbranched alkanes of at least 4 members (excludes halogenated alkanes) is 1. The average molecular weight is 253 g/mol. The van der Waals surface area contributed by atoms with Crippen molar-refractivity contribution < 1.29 is 9.15 Å². The molecule has 1 heterocycles. The van der Waals surface area contributed by atoms with E-state index in [0.717, 1.165) is 37.6 Å². The predicted molar refractivity (Wildman–Crippen MR) is 74.6 cm³/mol. The highest BCUT2D eigenvalue weighted by Gasteiger charge is 2.07. The summed E-state index contributed by atoms with van der Waals surface area (Å²) in [5.41, 5.74) is 1.24. The van der Waals surface area contributed by atoms with Crippen molar-refractivity contribution in [3.05, 3.63) is 23.2 Å². The van der Waals surface area contributed by atoms with E-state index in [1.807, 2.05) is 6.92 Å². The first-order chi connectivity index (χ1) is 8.63. The number of ether oxygens (including phenoxy) is 1. The molecule has 3 nitrogen and oxygen atoms in total. The molecule has 1 N–H and O–H groups in total. The summed E-state index contributed by atoms with van der Waals surface area (Å²) in [5.74, 6) is 2.61. The normalized spacial score (nSPS) is 11.4. The van der Waals surface area contributed by atoms with E-state index in [9.17, 15) is 0 Å². The molecule has 0 radical (unpaired) electrons. The van der Waals surface area contributed by atoms with Gasteiger partial charge in [0, 0.05) is 18.7 Å². The van der Waals surface area contributed by atoms with Gasteiger partial charge in [0.2, 0.25) is 0 Å². The van der Waals surface area contributed by atoms with Gasteiger partial charge < -0.3 is 14.5 Å². The van der Waals surface area contributed by atoms with Crippen molar-refractivity contribution in [1.82, 2.24) is 5.32 Å². The number of aryl methyl sites for hydroxylation is 1. The molecule has 0 unspecified atom stereocenters. The Hall–Kier alpha value is -0.800. The maximum atomic E-state index is 5.69. The minimum absolute atomic E-state index is 0.588. The van der Waals surface area contributed by atoms with E-state index >= 15 is 0 Å². The van der Waals surface area contributed by atoms with E-state index in [2.05, 4.69) is 32.2 Å². The largest absolute Gasteiger partial charge is 0.464 e. The Labute approximate surface area is 111 Å². The molecule has 0 fully saturated rings. The zero-order valence-corrected chi connectivity index (χ0v) is 12.2. The van der Waals surface area contributed by atoms with Crippen molar-refractivity contribution in [2.75, 3.05) is 13.2 Å². The summed E-state index contributed by atoms with van der Waals surface area (Å²) in [5, 5.41) is 3.43. The molecule has 0 bridgehead atoms. The molecule has 18 heavy (non-hydrogen) atoms. The average Bonchev–Trinajstić information content (AvgIpc) is 2.65. The third-order valence-corrected chi connectivity index (χ3v) is 2.83. The van der Waals surface area contributed by atoms with E-state index in [1.54, 1.807) is 0 Å². The van der Waals surface area contributed by atoms with Gasteiger partial charge in [0.1, 0.15) is 18.1 Å². The lowest BCUT2D eigenvalue weighted by Crippen LogP contribution is -2.18. The Kier molecular flexibility index (Phi) is 7.06. The van der Waals surface area contributed by atoms with Crippen LogP contribution in [0.5, 0.6) is 0 Å². The predicted octanol–water partition coefficient (Wildman–Crippen LogP) is 3.65. The van der Waals surface area contributed by atoms with Crippen molar-refractivity contribution in [3.8, 4) is 0 Å². The molecule has 0 atom stereocenters. The van der Waals surface area contributed by atoms with Gasteiger partial charge in [-0.15, -0.1) is 0 Å². The highest BCUT2D eigenvalue weighted by atomic mass is 16.5. The Bertz CT molecular complexity index is 331. The number of hydrogen-bond donors (Lipinski definition) is 1. The molecule has 0 aliphatic rings. The molecule has 0 amide bonds. The van der Waals surface area contributed by atoms with Crippen LogP contribution in [0, 0.1) is 12.8 Å². The highest BCUT2D eigenvalue weighted by molar-refractivity contribution is 5.20. The number of hydrogen-bond acceptors (Lipinski definition) is 3. The molecule has 0 aliphatic heterocycles. The Balaban J connectivity index is 2.33. The van der Waals surface area contributed by atoms with Gasteiger partial charge in [-0.2, -0.15) is 0 Å². The minimum Gasteiger partial charge on any atom is -0.464 e. The Morgan fingerprint density at radius 2 is 2.17 bits per heavy atom. The summed E-state index contributed by atoms with van der Waals surface area (Å²) in [6, 6.07) is 2.11. The SMILES string of the molecule is CCCCOCc1cc(CNCC(C)C)c(C)o1. The molecule has 0 saturated carbocycles. The fourth-order valence-corrected chi connectivity index (χ4v) is 1.75. The van der Waals surface area contributed by atoms with Crippen molar-refractivity contribution >= 4 is 0 Å². The molecule has 1 rings (SSSR count). The Morgan fingerprint density at radius 3 is 2.83 bits per heavy atom. The maximum Gasteiger partial charge on any atom is 0.130 e. The van der Waals surface area contributed by atoms with E-state index in [1.165, 1.54) is 12.0 Å². The second kappa shape index (κ2) is 8.33. The summed E-state index contributed by atoms with van der Waals surface area (Å²) in [6.07, 6.45) is 2.28. The molecular weight excluding hydrogens is 226 g/mol. The summed E-state index contributed by atoms with van der Waals surface area (Å²) in [7, 11) is 0. The molecule has 0 aromatic carbocycles. The summed E-state index contributed by atoms with van der Waals surface area (Å²) in [6.45, 7) is 11.9. The van der Waals surface area contributed by atoms with Crippen LogP contribution in [0.1, 0.15) is 50.7 Å². The summed E-state index contributed by atoms with van der Waals surface area (Å²) < 4.78 is 11.2. The van der Waals surface area contributed by atoms with Gasteiger partial charge in [0.15, 0.2) is 0 Å². The van der Waals surface area contributed by atoms with Gasteiger partial charge in [0.05, 0.1) is 0 Å². The molecule has 0 saturated heterocycles. The van der Waals surface area contributed by atoms with E-state index in [0.29, 0.717) is 12.5 Å². The third kappa shape index (κ3) is 5.69. The first-order valence-electron chi connectivity index (χ1n) is 7.00. The number of furan rings is 1. The quantitative estimate of drug-likeness (QED) is 0.682. The zero-order chi connectivity index (χ0) is 13.4. The van der Waals surface area contributed by atoms with Gasteiger partial charge in [-0.05, 0) is 31.9 Å². The van der Waals surface area contributed by atoms with Crippen molar-refractivity contribution in [2.24, 2.45) is 5.92 Å². The first kappa shape index (κ1) is 15.3. The zero-order valence-electron chi connectivity index (χ0n) is 12.2. The number of nitrogens with one attached hydrogen (secondary N) is 1. The standard InChI is InChI=1S/C15H27NO2/c1-5-6-7-17-11-15-8-14(13(4)18-15)10-16-9-12(2)3/h8,12,16H,5-7,9-11H2,1-4H3. The molecule has 0 spiro atoms. The fourth-order valence-electron chi connectivity index (χ4n) is 1.75. The summed E-state index contributed by atoms with van der Waals surface area (Å²) in [4.78, 5) is 0. The van der Waals surface area contributed by atoms with Crippen molar-refractivity contribution in [2.45, 2.75) is 53.7 Å². The van der Waals surface area contributed by atoms with Crippen LogP contribution in [0.2, 0.25) is 0 Å². The maximum absolute atomic E-state index is 5.69. The molecule has 3 heteroatoms. The smallest absolute Gasteiger partial charge is 0.130 e. The molecular formula is C15H27NO2. The van der Waals surface area contributed by atoms with Crippen LogP contribution in [0.15, 0.2) is 10.5 Å². The molecule has 1 aromatic heterocycles. The van der Waals surface area contributed by atoms with Crippen LogP contribution >= 0.6 is 0 Å². The lowest BCUT2D eigenvalue weighted by Gasteiger charge is -2.05. The van der Waals surface area contributed by atoms with Gasteiger partial charge in [0.25, 0.3) is 0 Å². The van der Waals surface area contributed by atoms with Crippen LogP contribution in [0.25, 0.3) is 0 Å². The second-order valence-corrected chi connectivity index (χ2v) is 5.23. The van der Waals surface area contributed by atoms with Gasteiger partial charge in [-0.1, -0.05) is 27.2 Å². The summed E-state index contributed by atoms with van der Waals surface area (Å²) >= 11 is 0. The van der Waals surface area contributed by atoms with Gasteiger partial charge >= 0.3 is 0 Å². The van der Waals surface area contributed by atoms with Crippen molar-refractivity contribution in [3.63, 3.8) is 0 Å². The first-order valence-corrected chi connectivity index (χ1v) is 7.00. The van der Waals surface area contributed by atoms with Crippen LogP contribution < -0.4 is 5.32 Å². The van der Waals surface area contributed by atoms with Crippen LogP contribution in [-0.2, 0) is 17.9 Å². The fraction of sp³-hybridized carbons (Fsp3) is 0.733. The van der Waals surface area contributed by atoms with Crippen LogP contribution in [-0.4, -0.2) is 13.2 Å². The molecule has 104 valence electrons. The van der Waals surface area contributed by atoms with E-state index < -0.39 is 0 Å². The molecule has 1 aromatic rings.